The summed E-state index contributed by atoms with van der Waals surface area (Å²) in [6.07, 6.45) is 2.93. The van der Waals surface area contributed by atoms with Crippen LogP contribution in [0.1, 0.15) is 57.3 Å². The summed E-state index contributed by atoms with van der Waals surface area (Å²) in [5.74, 6) is -0.103. The molecule has 0 saturated heterocycles. The van der Waals surface area contributed by atoms with E-state index in [-0.39, 0.29) is 22.4 Å². The van der Waals surface area contributed by atoms with Crippen LogP contribution in [0.25, 0.3) is 5.65 Å². The van der Waals surface area contributed by atoms with E-state index in [0.29, 0.717) is 18.7 Å². The van der Waals surface area contributed by atoms with Gasteiger partial charge in [0, 0.05) is 13.1 Å². The number of aliphatic hydroxyl groups is 1. The van der Waals surface area contributed by atoms with E-state index in [1.807, 2.05) is 0 Å². The summed E-state index contributed by atoms with van der Waals surface area (Å²) in [5, 5.41) is 17.6. The Morgan fingerprint density at radius 2 is 2.14 bits per heavy atom. The SMILES string of the molecule is CN(C(=O)OC(C)(C)C)c1cc(Cl)nc2c(C(=O)NC3CCC[C@]3(C)O)cnn12. The molecule has 0 aliphatic heterocycles. The molecule has 0 radical (unpaired) electrons. The number of aromatic nitrogens is 3. The molecular weight excluding hydrogens is 398 g/mol. The zero-order valence-electron chi connectivity index (χ0n) is 17.2. The third kappa shape index (κ3) is 4.45. The van der Waals surface area contributed by atoms with Crippen LogP contribution in [-0.2, 0) is 4.74 Å². The first-order chi connectivity index (χ1) is 13.4. The Balaban J connectivity index is 1.93. The molecule has 1 fully saturated rings. The molecule has 2 heterocycles. The lowest BCUT2D eigenvalue weighted by atomic mass is 10.0. The fraction of sp³-hybridized carbons (Fsp3) is 0.579. The molecule has 2 N–H and O–H groups in total. The molecule has 9 nitrogen and oxygen atoms in total. The van der Waals surface area contributed by atoms with Crippen molar-refractivity contribution in [1.29, 1.82) is 0 Å². The molecule has 1 aliphatic carbocycles. The van der Waals surface area contributed by atoms with Crippen LogP contribution in [0.3, 0.4) is 0 Å². The number of carbonyl (C=O) groups excluding carboxylic acids is 2. The van der Waals surface area contributed by atoms with Gasteiger partial charge in [-0.1, -0.05) is 11.6 Å². The molecule has 10 heteroatoms. The van der Waals surface area contributed by atoms with E-state index in [1.165, 1.54) is 28.7 Å². The van der Waals surface area contributed by atoms with Gasteiger partial charge in [0.25, 0.3) is 5.91 Å². The summed E-state index contributed by atoms with van der Waals surface area (Å²) in [5.41, 5.74) is -1.22. The van der Waals surface area contributed by atoms with E-state index in [2.05, 4.69) is 15.4 Å². The Kier molecular flexibility index (Phi) is 5.48. The number of rotatable bonds is 3. The smallest absolute Gasteiger partial charge is 0.415 e. The predicted octanol–water partition coefficient (Wildman–Crippen LogP) is 2.79. The lowest BCUT2D eigenvalue weighted by Crippen LogP contribution is -2.47. The number of amides is 2. The van der Waals surface area contributed by atoms with Crippen molar-refractivity contribution in [3.05, 3.63) is 23.0 Å². The molecule has 0 spiro atoms. The Hall–Kier alpha value is -2.39. The van der Waals surface area contributed by atoms with E-state index in [0.717, 1.165) is 6.42 Å². The predicted molar refractivity (Wildman–Crippen MR) is 108 cm³/mol. The first-order valence-corrected chi connectivity index (χ1v) is 9.81. The highest BCUT2D eigenvalue weighted by Crippen LogP contribution is 2.30. The van der Waals surface area contributed by atoms with Gasteiger partial charge >= 0.3 is 6.09 Å². The molecule has 3 rings (SSSR count). The number of hydrogen-bond acceptors (Lipinski definition) is 6. The molecule has 1 unspecified atom stereocenters. The number of hydrogen-bond donors (Lipinski definition) is 2. The molecule has 0 bridgehead atoms. The highest BCUT2D eigenvalue weighted by Gasteiger charge is 2.38. The van der Waals surface area contributed by atoms with Gasteiger partial charge in [0.2, 0.25) is 0 Å². The average molecular weight is 424 g/mol. The molecule has 2 atom stereocenters. The summed E-state index contributed by atoms with van der Waals surface area (Å²) in [7, 11) is 1.52. The zero-order chi connectivity index (χ0) is 21.6. The Bertz CT molecular complexity index is 950. The van der Waals surface area contributed by atoms with Gasteiger partial charge in [0.15, 0.2) is 5.65 Å². The van der Waals surface area contributed by atoms with Crippen LogP contribution in [0, 0.1) is 0 Å². The number of nitrogens with one attached hydrogen (secondary N) is 1. The summed E-state index contributed by atoms with van der Waals surface area (Å²) in [4.78, 5) is 30.7. The molecule has 0 aromatic carbocycles. The highest BCUT2D eigenvalue weighted by molar-refractivity contribution is 6.30. The normalized spacial score (nSPS) is 22.0. The van der Waals surface area contributed by atoms with E-state index in [4.69, 9.17) is 16.3 Å². The van der Waals surface area contributed by atoms with E-state index in [9.17, 15) is 14.7 Å². The second kappa shape index (κ2) is 7.46. The maximum Gasteiger partial charge on any atom is 0.415 e. The lowest BCUT2D eigenvalue weighted by Gasteiger charge is -2.26. The molecule has 2 aromatic rings. The summed E-state index contributed by atoms with van der Waals surface area (Å²) in [6.45, 7) is 7.01. The minimum absolute atomic E-state index is 0.102. The summed E-state index contributed by atoms with van der Waals surface area (Å²) < 4.78 is 6.74. The van der Waals surface area contributed by atoms with Crippen molar-refractivity contribution in [2.75, 3.05) is 11.9 Å². The minimum atomic E-state index is -0.953. The van der Waals surface area contributed by atoms with Crippen molar-refractivity contribution < 1.29 is 19.4 Å². The zero-order valence-corrected chi connectivity index (χ0v) is 17.9. The van der Waals surface area contributed by atoms with E-state index >= 15 is 0 Å². The molecule has 1 aliphatic rings. The first-order valence-electron chi connectivity index (χ1n) is 9.43. The third-order valence-electron chi connectivity index (χ3n) is 4.91. The van der Waals surface area contributed by atoms with Crippen molar-refractivity contribution in [3.63, 3.8) is 0 Å². The molecule has 2 amide bonds. The molecule has 1 saturated carbocycles. The lowest BCUT2D eigenvalue weighted by molar-refractivity contribution is 0.0368. The fourth-order valence-corrected chi connectivity index (χ4v) is 3.53. The van der Waals surface area contributed by atoms with Crippen LogP contribution in [0.15, 0.2) is 12.3 Å². The van der Waals surface area contributed by atoms with Crippen molar-refractivity contribution in [2.24, 2.45) is 0 Å². The van der Waals surface area contributed by atoms with Gasteiger partial charge in [-0.25, -0.2) is 9.78 Å². The summed E-state index contributed by atoms with van der Waals surface area (Å²) >= 11 is 6.15. The van der Waals surface area contributed by atoms with Gasteiger partial charge in [-0.2, -0.15) is 9.61 Å². The number of nitrogens with zero attached hydrogens (tertiary/aromatic N) is 4. The van der Waals surface area contributed by atoms with Gasteiger partial charge < -0.3 is 15.2 Å². The Labute approximate surface area is 174 Å². The second-order valence-electron chi connectivity index (χ2n) is 8.55. The van der Waals surface area contributed by atoms with Gasteiger partial charge in [0.05, 0.1) is 17.8 Å². The quantitative estimate of drug-likeness (QED) is 0.734. The topological polar surface area (TPSA) is 109 Å². The van der Waals surface area contributed by atoms with Crippen molar-refractivity contribution in [2.45, 2.75) is 64.2 Å². The third-order valence-corrected chi connectivity index (χ3v) is 5.10. The summed E-state index contributed by atoms with van der Waals surface area (Å²) in [6, 6.07) is 1.11. The Morgan fingerprint density at radius 3 is 2.72 bits per heavy atom. The minimum Gasteiger partial charge on any atom is -0.443 e. The first kappa shape index (κ1) is 21.3. The van der Waals surface area contributed by atoms with E-state index < -0.39 is 23.2 Å². The Morgan fingerprint density at radius 1 is 1.45 bits per heavy atom. The van der Waals surface area contributed by atoms with Crippen molar-refractivity contribution in [3.8, 4) is 0 Å². The standard InChI is InChI=1S/C19H26ClN5O4/c1-18(2,3)29-17(27)24(5)14-9-13(20)23-15-11(10-21-25(14)15)16(26)22-12-7-6-8-19(12,4)28/h9-10,12,28H,6-8H2,1-5H3,(H,22,26)/t12?,19-/m0/s1. The molecule has 2 aromatic heterocycles. The number of halogens is 1. The van der Waals surface area contributed by atoms with Crippen LogP contribution in [0.5, 0.6) is 0 Å². The van der Waals surface area contributed by atoms with Gasteiger partial charge in [-0.3, -0.25) is 9.69 Å². The van der Waals surface area contributed by atoms with Crippen molar-refractivity contribution in [1.82, 2.24) is 19.9 Å². The van der Waals surface area contributed by atoms with Gasteiger partial charge in [-0.15, -0.1) is 0 Å². The second-order valence-corrected chi connectivity index (χ2v) is 8.93. The van der Waals surface area contributed by atoms with Gasteiger partial charge in [-0.05, 0) is 47.0 Å². The van der Waals surface area contributed by atoms with Crippen LogP contribution >= 0.6 is 11.6 Å². The van der Waals surface area contributed by atoms with Crippen LogP contribution in [0.2, 0.25) is 5.15 Å². The number of fused-ring (bicyclic) bond motifs is 1. The van der Waals surface area contributed by atoms with Crippen LogP contribution < -0.4 is 10.2 Å². The monoisotopic (exact) mass is 423 g/mol. The number of ether oxygens (including phenoxy) is 1. The van der Waals surface area contributed by atoms with Crippen molar-refractivity contribution >= 4 is 35.1 Å². The van der Waals surface area contributed by atoms with Crippen LogP contribution in [-0.4, -0.2) is 56.0 Å². The molecule has 29 heavy (non-hydrogen) atoms. The van der Waals surface area contributed by atoms with E-state index in [1.54, 1.807) is 27.7 Å². The molecular formula is C19H26ClN5O4. The molecule has 158 valence electrons. The van der Waals surface area contributed by atoms with Crippen LogP contribution in [0.4, 0.5) is 10.6 Å². The highest BCUT2D eigenvalue weighted by atomic mass is 35.5. The maximum atomic E-state index is 12.8. The largest absolute Gasteiger partial charge is 0.443 e. The maximum absolute atomic E-state index is 12.8. The number of carbonyl (C=O) groups is 2. The van der Waals surface area contributed by atoms with Gasteiger partial charge in [0.1, 0.15) is 22.1 Å². The average Bonchev–Trinajstić information content (AvgIpc) is 3.15. The fourth-order valence-electron chi connectivity index (χ4n) is 3.35. The number of anilines is 1.